The van der Waals surface area contributed by atoms with Crippen molar-refractivity contribution in [2.75, 3.05) is 13.1 Å². The molecule has 0 saturated heterocycles. The fourth-order valence-electron chi connectivity index (χ4n) is 3.47. The molecule has 0 bridgehead atoms. The zero-order valence-electron chi connectivity index (χ0n) is 16.8. The number of sulfonamides is 1. The fraction of sp³-hybridized carbons (Fsp3) is 0.409. The molecule has 0 aliphatic carbocycles. The van der Waals surface area contributed by atoms with Gasteiger partial charge in [-0.3, -0.25) is 4.79 Å². The van der Waals surface area contributed by atoms with Crippen molar-refractivity contribution in [1.29, 1.82) is 0 Å². The maximum absolute atomic E-state index is 13.2. The molecule has 2 aromatic carbocycles. The number of amides is 1. The molecule has 1 heterocycles. The molecule has 0 saturated carbocycles. The van der Waals surface area contributed by atoms with E-state index < -0.39 is 10.0 Å². The fourth-order valence-corrected chi connectivity index (χ4v) is 5.12. The van der Waals surface area contributed by atoms with E-state index in [0.717, 1.165) is 18.4 Å². The van der Waals surface area contributed by atoms with Gasteiger partial charge in [0.15, 0.2) is 0 Å². The number of hydrogen-bond acceptors (Lipinski definition) is 3. The Labute approximate surface area is 178 Å². The smallest absolute Gasteiger partial charge is 0.252 e. The molecule has 1 aliphatic heterocycles. The summed E-state index contributed by atoms with van der Waals surface area (Å²) in [4.78, 5) is 12.6. The Morgan fingerprint density at radius 2 is 1.90 bits per heavy atom. The number of nitrogens with zero attached hydrogens (tertiary/aromatic N) is 1. The summed E-state index contributed by atoms with van der Waals surface area (Å²) in [6.07, 6.45) is 2.55. The van der Waals surface area contributed by atoms with Crippen molar-refractivity contribution in [3.63, 3.8) is 0 Å². The third-order valence-corrected chi connectivity index (χ3v) is 7.33. The molecule has 1 N–H and O–H groups in total. The number of halogens is 1. The molecule has 0 fully saturated rings. The maximum Gasteiger partial charge on any atom is 0.252 e. The SMILES string of the molecule is CC(C)CCCNC(=O)c1cc(S(=O)(=O)N2CCc3ccccc3C2)ccc1Cl. The lowest BCUT2D eigenvalue weighted by molar-refractivity contribution is 0.0952. The van der Waals surface area contributed by atoms with Crippen molar-refractivity contribution < 1.29 is 13.2 Å². The first-order valence-corrected chi connectivity index (χ1v) is 11.8. The van der Waals surface area contributed by atoms with E-state index in [9.17, 15) is 13.2 Å². The zero-order chi connectivity index (χ0) is 21.0. The molecule has 3 rings (SSSR count). The van der Waals surface area contributed by atoms with Crippen LogP contribution in [0.4, 0.5) is 0 Å². The molecular weight excluding hydrogens is 408 g/mol. The van der Waals surface area contributed by atoms with Gasteiger partial charge in [0.05, 0.1) is 15.5 Å². The average Bonchev–Trinajstić information content (AvgIpc) is 2.70. The summed E-state index contributed by atoms with van der Waals surface area (Å²) < 4.78 is 27.8. The summed E-state index contributed by atoms with van der Waals surface area (Å²) in [5.74, 6) is 0.221. The summed E-state index contributed by atoms with van der Waals surface area (Å²) >= 11 is 6.19. The Morgan fingerprint density at radius 1 is 1.17 bits per heavy atom. The molecule has 156 valence electrons. The quantitative estimate of drug-likeness (QED) is 0.662. The van der Waals surface area contributed by atoms with Crippen molar-refractivity contribution in [3.05, 3.63) is 64.2 Å². The lowest BCUT2D eigenvalue weighted by atomic mass is 10.0. The molecular formula is C22H27ClN2O3S. The van der Waals surface area contributed by atoms with Crippen molar-refractivity contribution >= 4 is 27.5 Å². The second-order valence-electron chi connectivity index (χ2n) is 7.79. The Bertz CT molecular complexity index is 989. The molecule has 5 nitrogen and oxygen atoms in total. The number of benzene rings is 2. The van der Waals surface area contributed by atoms with Gasteiger partial charge in [0.2, 0.25) is 10.0 Å². The Balaban J connectivity index is 1.77. The van der Waals surface area contributed by atoms with Gasteiger partial charge in [0.25, 0.3) is 5.91 Å². The van der Waals surface area contributed by atoms with Crippen molar-refractivity contribution in [3.8, 4) is 0 Å². The number of hydrogen-bond donors (Lipinski definition) is 1. The summed E-state index contributed by atoms with van der Waals surface area (Å²) in [6.45, 7) is 5.54. The van der Waals surface area contributed by atoms with Crippen LogP contribution in [-0.2, 0) is 23.0 Å². The minimum absolute atomic E-state index is 0.0913. The molecule has 0 unspecified atom stereocenters. The van der Waals surface area contributed by atoms with Gasteiger partial charge in [-0.05, 0) is 54.5 Å². The van der Waals surface area contributed by atoms with Crippen LogP contribution in [0.2, 0.25) is 5.02 Å². The summed E-state index contributed by atoms with van der Waals surface area (Å²) in [5, 5.41) is 3.08. The highest BCUT2D eigenvalue weighted by molar-refractivity contribution is 7.89. The summed E-state index contributed by atoms with van der Waals surface area (Å²) in [7, 11) is -3.72. The van der Waals surface area contributed by atoms with E-state index in [-0.39, 0.29) is 21.4 Å². The largest absolute Gasteiger partial charge is 0.352 e. The van der Waals surface area contributed by atoms with Gasteiger partial charge < -0.3 is 5.32 Å². The standard InChI is InChI=1S/C22H27ClN2O3S/c1-16(2)6-5-12-24-22(26)20-14-19(9-10-21(20)23)29(27,28)25-13-11-17-7-3-4-8-18(17)15-25/h3-4,7-10,14,16H,5-6,11-13,15H2,1-2H3,(H,24,26). The van der Waals surface area contributed by atoms with Gasteiger partial charge in [-0.2, -0.15) is 4.31 Å². The van der Waals surface area contributed by atoms with Crippen LogP contribution >= 0.6 is 11.6 Å². The van der Waals surface area contributed by atoms with Crippen LogP contribution < -0.4 is 5.32 Å². The minimum atomic E-state index is -3.72. The van der Waals surface area contributed by atoms with E-state index in [0.29, 0.717) is 32.0 Å². The molecule has 2 aromatic rings. The van der Waals surface area contributed by atoms with Gasteiger partial charge in [-0.15, -0.1) is 0 Å². The molecule has 7 heteroatoms. The number of carbonyl (C=O) groups excluding carboxylic acids is 1. The summed E-state index contributed by atoms with van der Waals surface area (Å²) in [5.41, 5.74) is 2.38. The van der Waals surface area contributed by atoms with Crippen molar-refractivity contribution in [2.24, 2.45) is 5.92 Å². The first kappa shape index (κ1) is 21.8. The minimum Gasteiger partial charge on any atom is -0.352 e. The lowest BCUT2D eigenvalue weighted by Gasteiger charge is -2.28. The van der Waals surface area contributed by atoms with E-state index >= 15 is 0 Å². The average molecular weight is 435 g/mol. The second-order valence-corrected chi connectivity index (χ2v) is 10.1. The number of nitrogens with one attached hydrogen (secondary N) is 1. The lowest BCUT2D eigenvalue weighted by Crippen LogP contribution is -2.36. The normalized spacial score (nSPS) is 14.6. The van der Waals surface area contributed by atoms with E-state index in [1.807, 2.05) is 24.3 Å². The van der Waals surface area contributed by atoms with Crippen LogP contribution in [0, 0.1) is 5.92 Å². The topological polar surface area (TPSA) is 66.5 Å². The Morgan fingerprint density at radius 3 is 2.62 bits per heavy atom. The highest BCUT2D eigenvalue weighted by Crippen LogP contribution is 2.27. The highest BCUT2D eigenvalue weighted by Gasteiger charge is 2.29. The zero-order valence-corrected chi connectivity index (χ0v) is 18.4. The highest BCUT2D eigenvalue weighted by atomic mass is 35.5. The van der Waals surface area contributed by atoms with Gasteiger partial charge in [0, 0.05) is 19.6 Å². The second kappa shape index (κ2) is 9.28. The van der Waals surface area contributed by atoms with Gasteiger partial charge >= 0.3 is 0 Å². The van der Waals surface area contributed by atoms with Gasteiger partial charge in [0.1, 0.15) is 0 Å². The summed E-state index contributed by atoms with van der Waals surface area (Å²) in [6, 6.07) is 12.2. The Kier molecular flexibility index (Phi) is 6.98. The van der Waals surface area contributed by atoms with Crippen molar-refractivity contribution in [2.45, 2.75) is 44.6 Å². The monoisotopic (exact) mass is 434 g/mol. The number of carbonyl (C=O) groups is 1. The molecule has 1 aliphatic rings. The first-order valence-electron chi connectivity index (χ1n) is 9.93. The van der Waals surface area contributed by atoms with Crippen LogP contribution in [-0.4, -0.2) is 31.7 Å². The first-order chi connectivity index (χ1) is 13.8. The van der Waals surface area contributed by atoms with Gasteiger partial charge in [-0.25, -0.2) is 8.42 Å². The van der Waals surface area contributed by atoms with Crippen LogP contribution in [0.25, 0.3) is 0 Å². The molecule has 0 atom stereocenters. The van der Waals surface area contributed by atoms with Crippen molar-refractivity contribution in [1.82, 2.24) is 9.62 Å². The van der Waals surface area contributed by atoms with Crippen LogP contribution in [0.15, 0.2) is 47.4 Å². The molecule has 0 spiro atoms. The molecule has 0 radical (unpaired) electrons. The third kappa shape index (κ3) is 5.18. The Hall–Kier alpha value is -1.89. The van der Waals surface area contributed by atoms with Crippen LogP contribution in [0.1, 0.15) is 48.2 Å². The number of rotatable bonds is 7. The van der Waals surface area contributed by atoms with E-state index in [1.54, 1.807) is 0 Å². The number of fused-ring (bicyclic) bond motifs is 1. The van der Waals surface area contributed by atoms with E-state index in [4.69, 9.17) is 11.6 Å². The van der Waals surface area contributed by atoms with Crippen LogP contribution in [0.5, 0.6) is 0 Å². The van der Waals surface area contributed by atoms with Crippen LogP contribution in [0.3, 0.4) is 0 Å². The van der Waals surface area contributed by atoms with Gasteiger partial charge in [-0.1, -0.05) is 49.7 Å². The third-order valence-electron chi connectivity index (χ3n) is 5.16. The van der Waals surface area contributed by atoms with E-state index in [1.165, 1.54) is 28.1 Å². The van der Waals surface area contributed by atoms with E-state index in [2.05, 4.69) is 19.2 Å². The predicted octanol–water partition coefficient (Wildman–Crippen LogP) is 4.25. The molecule has 29 heavy (non-hydrogen) atoms. The molecule has 0 aromatic heterocycles. The predicted molar refractivity (Wildman–Crippen MR) is 116 cm³/mol. The molecule has 1 amide bonds. The maximum atomic E-state index is 13.2.